The van der Waals surface area contributed by atoms with Crippen molar-refractivity contribution in [2.24, 2.45) is 5.92 Å². The van der Waals surface area contributed by atoms with Gasteiger partial charge in [0, 0.05) is 24.6 Å². The first-order valence-corrected chi connectivity index (χ1v) is 10.3. The number of benzene rings is 2. The van der Waals surface area contributed by atoms with Crippen molar-refractivity contribution in [1.82, 2.24) is 4.90 Å². The van der Waals surface area contributed by atoms with Gasteiger partial charge in [-0.05, 0) is 50.5 Å². The molecule has 0 spiro atoms. The lowest BCUT2D eigenvalue weighted by molar-refractivity contribution is -0.134. The molecule has 0 saturated carbocycles. The first-order chi connectivity index (χ1) is 14.1. The van der Waals surface area contributed by atoms with E-state index in [1.807, 2.05) is 55.5 Å². The van der Waals surface area contributed by atoms with Crippen LogP contribution in [0.2, 0.25) is 0 Å². The quantitative estimate of drug-likeness (QED) is 0.626. The number of hydrogen-bond donors (Lipinski definition) is 0. The van der Waals surface area contributed by atoms with Crippen LogP contribution in [0.3, 0.4) is 0 Å². The Balaban J connectivity index is 1.44. The predicted molar refractivity (Wildman–Crippen MR) is 113 cm³/mol. The Labute approximate surface area is 172 Å². The largest absolute Gasteiger partial charge is 0.494 e. The molecule has 1 fully saturated rings. The Morgan fingerprint density at radius 3 is 2.10 bits per heavy atom. The van der Waals surface area contributed by atoms with Crippen LogP contribution in [0.15, 0.2) is 48.5 Å². The van der Waals surface area contributed by atoms with Gasteiger partial charge in [-0.1, -0.05) is 36.8 Å². The smallest absolute Gasteiger partial charge is 0.260 e. The number of carbonyl (C=O) groups excluding carboxylic acids is 2. The van der Waals surface area contributed by atoms with Crippen LogP contribution in [0.5, 0.6) is 11.5 Å². The molecule has 29 heavy (non-hydrogen) atoms. The van der Waals surface area contributed by atoms with Crippen LogP contribution < -0.4 is 9.47 Å². The van der Waals surface area contributed by atoms with Gasteiger partial charge in [0.05, 0.1) is 6.61 Å². The van der Waals surface area contributed by atoms with Crippen molar-refractivity contribution in [1.29, 1.82) is 0 Å². The van der Waals surface area contributed by atoms with E-state index < -0.39 is 0 Å². The number of rotatable bonds is 8. The molecule has 5 heteroatoms. The van der Waals surface area contributed by atoms with Crippen LogP contribution in [0, 0.1) is 12.8 Å². The number of Topliss-reactive ketones (excluding diaryl/α,β-unsaturated/α-hetero) is 1. The van der Waals surface area contributed by atoms with Crippen LogP contribution >= 0.6 is 0 Å². The molecule has 0 atom stereocenters. The molecule has 2 aromatic carbocycles. The van der Waals surface area contributed by atoms with Crippen molar-refractivity contribution in [3.63, 3.8) is 0 Å². The van der Waals surface area contributed by atoms with Gasteiger partial charge in [0.2, 0.25) is 0 Å². The van der Waals surface area contributed by atoms with Gasteiger partial charge in [-0.15, -0.1) is 0 Å². The highest BCUT2D eigenvalue weighted by molar-refractivity contribution is 5.98. The van der Waals surface area contributed by atoms with Crippen molar-refractivity contribution < 1.29 is 19.1 Å². The zero-order valence-corrected chi connectivity index (χ0v) is 17.2. The number of aryl methyl sites for hydroxylation is 1. The van der Waals surface area contributed by atoms with E-state index in [0.717, 1.165) is 23.3 Å². The number of piperidine rings is 1. The fraction of sp³-hybridized carbons (Fsp3) is 0.417. The Morgan fingerprint density at radius 2 is 1.52 bits per heavy atom. The molecule has 2 aromatic rings. The van der Waals surface area contributed by atoms with Gasteiger partial charge in [0.1, 0.15) is 11.5 Å². The first-order valence-electron chi connectivity index (χ1n) is 10.3. The summed E-state index contributed by atoms with van der Waals surface area (Å²) in [6, 6.07) is 15.0. The Hall–Kier alpha value is -2.82. The Kier molecular flexibility index (Phi) is 7.28. The summed E-state index contributed by atoms with van der Waals surface area (Å²) in [7, 11) is 0. The second-order valence-corrected chi connectivity index (χ2v) is 7.49. The number of amides is 1. The van der Waals surface area contributed by atoms with E-state index in [4.69, 9.17) is 9.47 Å². The number of ketones is 1. The molecular formula is C24H29NO4. The van der Waals surface area contributed by atoms with Crippen molar-refractivity contribution in [2.75, 3.05) is 26.3 Å². The minimum Gasteiger partial charge on any atom is -0.494 e. The average Bonchev–Trinajstić information content (AvgIpc) is 2.77. The standard InChI is InChI=1S/C24H29NO4/c1-3-16-28-21-8-10-22(11-9-21)29-17-23(26)25-14-12-20(13-15-25)24(27)19-6-4-18(2)5-7-19/h4-11,20H,3,12-17H2,1-2H3. The molecule has 0 radical (unpaired) electrons. The molecule has 1 heterocycles. The van der Waals surface area contributed by atoms with Crippen LogP contribution in [0.4, 0.5) is 0 Å². The van der Waals surface area contributed by atoms with Crippen LogP contribution in [0.1, 0.15) is 42.1 Å². The van der Waals surface area contributed by atoms with Gasteiger partial charge in [-0.25, -0.2) is 0 Å². The molecule has 5 nitrogen and oxygen atoms in total. The topological polar surface area (TPSA) is 55.8 Å². The summed E-state index contributed by atoms with van der Waals surface area (Å²) >= 11 is 0. The number of likely N-dealkylation sites (tertiary alicyclic amines) is 1. The highest BCUT2D eigenvalue weighted by Gasteiger charge is 2.28. The van der Waals surface area contributed by atoms with Crippen molar-refractivity contribution in [3.05, 3.63) is 59.7 Å². The summed E-state index contributed by atoms with van der Waals surface area (Å²) in [6.07, 6.45) is 2.35. The lowest BCUT2D eigenvalue weighted by atomic mass is 9.88. The molecule has 0 aliphatic carbocycles. The highest BCUT2D eigenvalue weighted by atomic mass is 16.5. The second kappa shape index (κ2) is 10.1. The van der Waals surface area contributed by atoms with E-state index in [-0.39, 0.29) is 24.2 Å². The van der Waals surface area contributed by atoms with Crippen LogP contribution in [-0.4, -0.2) is 42.9 Å². The summed E-state index contributed by atoms with van der Waals surface area (Å²) in [5.74, 6) is 1.56. The zero-order chi connectivity index (χ0) is 20.6. The minimum absolute atomic E-state index is 0.00569. The Morgan fingerprint density at radius 1 is 0.931 bits per heavy atom. The average molecular weight is 395 g/mol. The minimum atomic E-state index is -0.0439. The van der Waals surface area contributed by atoms with E-state index in [1.165, 1.54) is 0 Å². The fourth-order valence-corrected chi connectivity index (χ4v) is 3.43. The molecule has 1 amide bonds. The monoisotopic (exact) mass is 395 g/mol. The van der Waals surface area contributed by atoms with Crippen LogP contribution in [0.25, 0.3) is 0 Å². The molecule has 154 valence electrons. The highest BCUT2D eigenvalue weighted by Crippen LogP contribution is 2.23. The first kappa shape index (κ1) is 20.9. The van der Waals surface area contributed by atoms with Gasteiger partial charge in [0.15, 0.2) is 12.4 Å². The lowest BCUT2D eigenvalue weighted by Crippen LogP contribution is -2.42. The third-order valence-electron chi connectivity index (χ3n) is 5.21. The normalized spacial score (nSPS) is 14.5. The van der Waals surface area contributed by atoms with Gasteiger partial charge in [-0.2, -0.15) is 0 Å². The van der Waals surface area contributed by atoms with Gasteiger partial charge in [-0.3, -0.25) is 9.59 Å². The Bertz CT molecular complexity index is 806. The second-order valence-electron chi connectivity index (χ2n) is 7.49. The van der Waals surface area contributed by atoms with E-state index in [9.17, 15) is 9.59 Å². The summed E-state index contributed by atoms with van der Waals surface area (Å²) in [4.78, 5) is 26.9. The molecule has 0 unspecified atom stereocenters. The summed E-state index contributed by atoms with van der Waals surface area (Å²) in [5.41, 5.74) is 1.90. The number of hydrogen-bond acceptors (Lipinski definition) is 4. The lowest BCUT2D eigenvalue weighted by Gasteiger charge is -2.31. The van der Waals surface area contributed by atoms with Gasteiger partial charge in [0.25, 0.3) is 5.91 Å². The number of nitrogens with zero attached hydrogens (tertiary/aromatic N) is 1. The summed E-state index contributed by atoms with van der Waals surface area (Å²) in [5, 5.41) is 0. The summed E-state index contributed by atoms with van der Waals surface area (Å²) in [6.45, 7) is 5.94. The SMILES string of the molecule is CCCOc1ccc(OCC(=O)N2CCC(C(=O)c3ccc(C)cc3)CC2)cc1. The molecule has 1 saturated heterocycles. The molecule has 0 aromatic heterocycles. The third-order valence-corrected chi connectivity index (χ3v) is 5.21. The number of ether oxygens (including phenoxy) is 2. The maximum Gasteiger partial charge on any atom is 0.260 e. The third kappa shape index (κ3) is 5.83. The predicted octanol–water partition coefficient (Wildman–Crippen LogP) is 4.28. The number of carbonyl (C=O) groups is 2. The summed E-state index contributed by atoms with van der Waals surface area (Å²) < 4.78 is 11.2. The molecule has 1 aliphatic heterocycles. The molecule has 3 rings (SSSR count). The maximum absolute atomic E-state index is 12.7. The molecule has 1 aliphatic rings. The van der Waals surface area contributed by atoms with Gasteiger partial charge >= 0.3 is 0 Å². The van der Waals surface area contributed by atoms with E-state index >= 15 is 0 Å². The van der Waals surface area contributed by atoms with E-state index in [1.54, 1.807) is 4.90 Å². The van der Waals surface area contributed by atoms with Crippen molar-refractivity contribution in [2.45, 2.75) is 33.1 Å². The molecule has 0 bridgehead atoms. The van der Waals surface area contributed by atoms with Crippen molar-refractivity contribution >= 4 is 11.7 Å². The molecular weight excluding hydrogens is 366 g/mol. The van der Waals surface area contributed by atoms with Crippen molar-refractivity contribution in [3.8, 4) is 11.5 Å². The maximum atomic E-state index is 12.7. The zero-order valence-electron chi connectivity index (χ0n) is 17.2. The van der Waals surface area contributed by atoms with Gasteiger partial charge < -0.3 is 14.4 Å². The van der Waals surface area contributed by atoms with E-state index in [2.05, 4.69) is 6.92 Å². The fourth-order valence-electron chi connectivity index (χ4n) is 3.43. The van der Waals surface area contributed by atoms with Crippen LogP contribution in [-0.2, 0) is 4.79 Å². The van der Waals surface area contributed by atoms with E-state index in [0.29, 0.717) is 38.3 Å². The molecule has 0 N–H and O–H groups in total.